The van der Waals surface area contributed by atoms with Gasteiger partial charge in [-0.25, -0.2) is 13.1 Å². The summed E-state index contributed by atoms with van der Waals surface area (Å²) in [5, 5.41) is 19.3. The van der Waals surface area contributed by atoms with E-state index in [1.165, 1.54) is 10.7 Å². The molecule has 14 heteroatoms. The van der Waals surface area contributed by atoms with Gasteiger partial charge >= 0.3 is 6.18 Å². The second kappa shape index (κ2) is 11.8. The van der Waals surface area contributed by atoms with Crippen LogP contribution in [0.5, 0.6) is 5.75 Å². The number of nitrogens with zero attached hydrogens (tertiary/aromatic N) is 3. The fourth-order valence-corrected chi connectivity index (χ4v) is 5.22. The van der Waals surface area contributed by atoms with Gasteiger partial charge in [-0.15, -0.1) is 0 Å². The second-order valence-corrected chi connectivity index (χ2v) is 12.4. The number of ether oxygens (including phenoxy) is 1. The number of sulfone groups is 1. The van der Waals surface area contributed by atoms with E-state index < -0.39 is 40.2 Å². The van der Waals surface area contributed by atoms with Crippen molar-refractivity contribution in [2.75, 3.05) is 23.9 Å². The van der Waals surface area contributed by atoms with Crippen LogP contribution in [0.15, 0.2) is 36.4 Å². The molecule has 0 radical (unpaired) electrons. The van der Waals surface area contributed by atoms with Crippen molar-refractivity contribution in [3.8, 4) is 17.5 Å². The number of hydrogen-bond donors (Lipinski definition) is 2. The molecule has 10 nitrogen and oxygen atoms in total. The summed E-state index contributed by atoms with van der Waals surface area (Å²) >= 11 is 0. The largest absolute Gasteiger partial charge is 0.484 e. The summed E-state index contributed by atoms with van der Waals surface area (Å²) in [6, 6.07) is 11.2. The molecule has 0 bridgehead atoms. The molecule has 42 heavy (non-hydrogen) atoms. The fourth-order valence-electron chi connectivity index (χ4n) is 4.68. The van der Waals surface area contributed by atoms with Crippen molar-refractivity contribution in [3.05, 3.63) is 69.9 Å². The maximum Gasteiger partial charge on any atom is 0.422 e. The third kappa shape index (κ3) is 7.47. The Morgan fingerprint density at radius 2 is 1.95 bits per heavy atom. The molecule has 2 aromatic carbocycles. The number of halogens is 3. The van der Waals surface area contributed by atoms with E-state index in [4.69, 9.17) is 4.74 Å². The molecule has 2 N–H and O–H groups in total. The van der Waals surface area contributed by atoms with Crippen LogP contribution in [0.3, 0.4) is 0 Å². The summed E-state index contributed by atoms with van der Waals surface area (Å²) in [7, 11) is -3.66. The van der Waals surface area contributed by atoms with Crippen molar-refractivity contribution in [2.45, 2.75) is 45.3 Å². The van der Waals surface area contributed by atoms with Crippen LogP contribution >= 0.6 is 0 Å². The average molecular weight is 604 g/mol. The minimum Gasteiger partial charge on any atom is -0.484 e. The van der Waals surface area contributed by atoms with Gasteiger partial charge in [0.15, 0.2) is 16.4 Å². The van der Waals surface area contributed by atoms with E-state index in [1.54, 1.807) is 37.3 Å². The molecule has 2 heterocycles. The summed E-state index contributed by atoms with van der Waals surface area (Å²) < 4.78 is 67.3. The Morgan fingerprint density at radius 3 is 2.60 bits per heavy atom. The van der Waals surface area contributed by atoms with Gasteiger partial charge in [0.05, 0.1) is 23.0 Å². The fraction of sp³-hybridized carbons (Fsp3) is 0.357. The molecular weight excluding hydrogens is 575 g/mol. The number of alkyl halides is 3. The maximum absolute atomic E-state index is 13.3. The number of benzene rings is 2. The summed E-state index contributed by atoms with van der Waals surface area (Å²) in [6.07, 6.45) is -2.39. The predicted octanol–water partition coefficient (Wildman–Crippen LogP) is 3.57. The van der Waals surface area contributed by atoms with Crippen LogP contribution in [0, 0.1) is 25.2 Å². The quantitative estimate of drug-likeness (QED) is 0.381. The van der Waals surface area contributed by atoms with Gasteiger partial charge in [-0.3, -0.25) is 9.59 Å². The lowest BCUT2D eigenvalue weighted by Gasteiger charge is -2.23. The Morgan fingerprint density at radius 1 is 1.21 bits per heavy atom. The van der Waals surface area contributed by atoms with Gasteiger partial charge in [-0.05, 0) is 73.7 Å². The predicted molar refractivity (Wildman–Crippen MR) is 147 cm³/mol. The van der Waals surface area contributed by atoms with Crippen LogP contribution < -0.4 is 15.4 Å². The van der Waals surface area contributed by atoms with Gasteiger partial charge in [0.2, 0.25) is 5.91 Å². The molecule has 0 saturated carbocycles. The van der Waals surface area contributed by atoms with E-state index in [0.717, 1.165) is 17.4 Å². The highest BCUT2D eigenvalue weighted by atomic mass is 32.2. The third-order valence-electron chi connectivity index (χ3n) is 6.67. The Bertz CT molecular complexity index is 1690. The first-order chi connectivity index (χ1) is 19.6. The monoisotopic (exact) mass is 603 g/mol. The van der Waals surface area contributed by atoms with Gasteiger partial charge in [0, 0.05) is 18.7 Å². The first kappa shape index (κ1) is 30.6. The standard InChI is InChI=1S/C28H28F3N5O5S/c1-16-4-9-22(41-15-28(29,30)31)11-18(16)5-7-20-12-23-25(27(38)33-20)26(34-24(37)14-42(3,39)40)36(35-23)21-8-6-19(13-32)17(2)10-21/h4,6,8-11,20H,5,7,12,14-15H2,1-3H3,(H,33,38)(H,34,37)/t20-/m0/s1. The molecule has 0 aliphatic carbocycles. The molecule has 3 aromatic rings. The first-order valence-corrected chi connectivity index (χ1v) is 14.9. The van der Waals surface area contributed by atoms with E-state index >= 15 is 0 Å². The number of aromatic nitrogens is 2. The molecule has 0 saturated heterocycles. The van der Waals surface area contributed by atoms with Crippen LogP contribution in [-0.2, 0) is 27.5 Å². The lowest BCUT2D eigenvalue weighted by molar-refractivity contribution is -0.153. The number of amides is 2. The van der Waals surface area contributed by atoms with Crippen LogP contribution in [-0.4, -0.2) is 60.8 Å². The molecule has 0 unspecified atom stereocenters. The van der Waals surface area contributed by atoms with E-state index in [0.29, 0.717) is 35.3 Å². The summed E-state index contributed by atoms with van der Waals surface area (Å²) in [5.41, 5.74) is 3.60. The lowest BCUT2D eigenvalue weighted by Crippen LogP contribution is -2.41. The van der Waals surface area contributed by atoms with Crippen LogP contribution in [0.2, 0.25) is 0 Å². The molecule has 2 amide bonds. The normalized spacial score (nSPS) is 15.0. The number of anilines is 1. The number of hydrogen-bond acceptors (Lipinski definition) is 7. The summed E-state index contributed by atoms with van der Waals surface area (Å²) in [4.78, 5) is 25.9. The minimum absolute atomic E-state index is 0.00377. The smallest absolute Gasteiger partial charge is 0.422 e. The Hall–Kier alpha value is -4.38. The van der Waals surface area contributed by atoms with Gasteiger partial charge in [-0.1, -0.05) is 6.07 Å². The lowest BCUT2D eigenvalue weighted by atomic mass is 9.94. The highest BCUT2D eigenvalue weighted by Crippen LogP contribution is 2.30. The van der Waals surface area contributed by atoms with E-state index in [-0.39, 0.29) is 29.6 Å². The first-order valence-electron chi connectivity index (χ1n) is 12.8. The maximum atomic E-state index is 13.3. The average Bonchev–Trinajstić information content (AvgIpc) is 3.24. The zero-order chi connectivity index (χ0) is 30.8. The van der Waals surface area contributed by atoms with Crippen LogP contribution in [0.25, 0.3) is 5.69 Å². The van der Waals surface area contributed by atoms with Crippen molar-refractivity contribution < 1.29 is 35.9 Å². The number of aryl methyl sites for hydroxylation is 3. The number of carbonyl (C=O) groups excluding carboxylic acids is 2. The van der Waals surface area contributed by atoms with Crippen molar-refractivity contribution >= 4 is 27.5 Å². The van der Waals surface area contributed by atoms with E-state index in [1.807, 2.05) is 6.92 Å². The zero-order valence-corrected chi connectivity index (χ0v) is 23.8. The molecule has 0 spiro atoms. The van der Waals surface area contributed by atoms with Gasteiger partial charge in [-0.2, -0.15) is 23.5 Å². The second-order valence-electron chi connectivity index (χ2n) is 10.2. The van der Waals surface area contributed by atoms with E-state index in [9.17, 15) is 36.4 Å². The number of fused-ring (bicyclic) bond motifs is 1. The SMILES string of the molecule is Cc1cc(-n2nc3c(c2NC(=O)CS(C)(=O)=O)C(=O)N[C@@H](CCc2cc(OCC(F)(F)F)ccc2C)C3)ccc1C#N. The van der Waals surface area contributed by atoms with Gasteiger partial charge in [0.25, 0.3) is 5.91 Å². The summed E-state index contributed by atoms with van der Waals surface area (Å²) in [5.74, 6) is -2.07. The molecular formula is C28H28F3N5O5S. The Kier molecular flexibility index (Phi) is 8.63. The minimum atomic E-state index is -4.46. The van der Waals surface area contributed by atoms with Crippen molar-refractivity contribution in [2.24, 2.45) is 0 Å². The topological polar surface area (TPSA) is 143 Å². The molecule has 4 rings (SSSR count). The Balaban J connectivity index is 1.60. The molecule has 1 aliphatic rings. The molecule has 1 aromatic heterocycles. The van der Waals surface area contributed by atoms with Crippen LogP contribution in [0.4, 0.5) is 19.0 Å². The van der Waals surface area contributed by atoms with Crippen molar-refractivity contribution in [3.63, 3.8) is 0 Å². The molecule has 222 valence electrons. The van der Waals surface area contributed by atoms with Gasteiger partial charge in [0.1, 0.15) is 22.9 Å². The molecule has 1 atom stereocenters. The zero-order valence-electron chi connectivity index (χ0n) is 23.0. The number of nitriles is 1. The highest BCUT2D eigenvalue weighted by molar-refractivity contribution is 7.91. The Labute approximate surface area is 240 Å². The van der Waals surface area contributed by atoms with Crippen molar-refractivity contribution in [1.82, 2.24) is 15.1 Å². The molecule has 0 fully saturated rings. The van der Waals surface area contributed by atoms with Gasteiger partial charge < -0.3 is 15.4 Å². The third-order valence-corrected chi connectivity index (χ3v) is 7.46. The summed E-state index contributed by atoms with van der Waals surface area (Å²) in [6.45, 7) is 2.15. The van der Waals surface area contributed by atoms with Crippen LogP contribution in [0.1, 0.15) is 44.7 Å². The van der Waals surface area contributed by atoms with E-state index in [2.05, 4.69) is 21.8 Å². The number of carbonyl (C=O) groups is 2. The van der Waals surface area contributed by atoms with Crippen molar-refractivity contribution in [1.29, 1.82) is 5.26 Å². The highest BCUT2D eigenvalue weighted by Gasteiger charge is 2.33. The number of nitrogens with one attached hydrogen (secondary N) is 2. The number of rotatable bonds is 9. The molecule has 1 aliphatic heterocycles.